The van der Waals surface area contributed by atoms with Crippen molar-refractivity contribution in [2.24, 2.45) is 17.8 Å². The molecule has 1 amide bonds. The summed E-state index contributed by atoms with van der Waals surface area (Å²) in [5.74, 6) is 1.56. The summed E-state index contributed by atoms with van der Waals surface area (Å²) in [7, 11) is 1.64. The molecule has 0 aliphatic carbocycles. The number of benzene rings is 1. The van der Waals surface area contributed by atoms with Gasteiger partial charge in [-0.3, -0.25) is 9.69 Å². The molecule has 0 radical (unpaired) electrons. The van der Waals surface area contributed by atoms with E-state index in [2.05, 4.69) is 40.5 Å². The molecule has 1 aromatic rings. The fraction of sp³-hybridized carbons (Fsp3) is 0.632. The smallest absolute Gasteiger partial charge is 0.220 e. The third kappa shape index (κ3) is 4.56. The van der Waals surface area contributed by atoms with Crippen LogP contribution in [-0.2, 0) is 20.8 Å². The number of ether oxygens (including phenoxy) is 2. The summed E-state index contributed by atoms with van der Waals surface area (Å²) in [6, 6.07) is 10.6. The van der Waals surface area contributed by atoms with E-state index in [1.807, 2.05) is 0 Å². The zero-order chi connectivity index (χ0) is 16.8. The highest BCUT2D eigenvalue weighted by molar-refractivity contribution is 5.76. The van der Waals surface area contributed by atoms with Gasteiger partial charge in [0.05, 0.1) is 19.8 Å². The summed E-state index contributed by atoms with van der Waals surface area (Å²) in [6.45, 7) is 5.80. The molecule has 3 rings (SSSR count). The van der Waals surface area contributed by atoms with Crippen LogP contribution in [0.25, 0.3) is 0 Å². The quantitative estimate of drug-likeness (QED) is 0.770. The highest BCUT2D eigenvalue weighted by atomic mass is 16.5. The molecule has 0 saturated carbocycles. The predicted molar refractivity (Wildman–Crippen MR) is 92.5 cm³/mol. The molecule has 132 valence electrons. The summed E-state index contributed by atoms with van der Waals surface area (Å²) in [6.07, 6.45) is 0.560. The Morgan fingerprint density at radius 3 is 2.92 bits per heavy atom. The Hall–Kier alpha value is -1.43. The SMILES string of the molecule is COCCNC(=O)C[C@@H]1COC[C@H]2CN(Cc3ccccc3)C[C@@H]12. The zero-order valence-corrected chi connectivity index (χ0v) is 14.4. The molecular formula is C19H28N2O3. The first-order valence-electron chi connectivity index (χ1n) is 8.86. The molecule has 2 heterocycles. The number of likely N-dealkylation sites (tertiary alicyclic amines) is 1. The maximum absolute atomic E-state index is 12.1. The summed E-state index contributed by atoms with van der Waals surface area (Å²) in [5, 5.41) is 2.93. The van der Waals surface area contributed by atoms with Gasteiger partial charge in [0.25, 0.3) is 0 Å². The second-order valence-corrected chi connectivity index (χ2v) is 6.95. The Bertz CT molecular complexity index is 523. The van der Waals surface area contributed by atoms with E-state index < -0.39 is 0 Å². The molecular weight excluding hydrogens is 304 g/mol. The summed E-state index contributed by atoms with van der Waals surface area (Å²) >= 11 is 0. The normalized spacial score (nSPS) is 27.0. The van der Waals surface area contributed by atoms with Crippen LogP contribution in [0, 0.1) is 17.8 Å². The second kappa shape index (κ2) is 8.60. The van der Waals surface area contributed by atoms with E-state index in [1.54, 1.807) is 7.11 Å². The van der Waals surface area contributed by atoms with Crippen molar-refractivity contribution >= 4 is 5.91 Å². The maximum atomic E-state index is 12.1. The van der Waals surface area contributed by atoms with Gasteiger partial charge in [-0.15, -0.1) is 0 Å². The van der Waals surface area contributed by atoms with Gasteiger partial charge >= 0.3 is 0 Å². The van der Waals surface area contributed by atoms with Crippen LogP contribution in [0.1, 0.15) is 12.0 Å². The van der Waals surface area contributed by atoms with Gasteiger partial charge in [0.1, 0.15) is 0 Å². The lowest BCUT2D eigenvalue weighted by Gasteiger charge is -2.32. The van der Waals surface area contributed by atoms with Crippen molar-refractivity contribution < 1.29 is 14.3 Å². The van der Waals surface area contributed by atoms with Gasteiger partial charge in [-0.2, -0.15) is 0 Å². The van der Waals surface area contributed by atoms with Gasteiger partial charge in [-0.25, -0.2) is 0 Å². The molecule has 2 aliphatic heterocycles. The molecule has 0 aromatic heterocycles. The molecule has 0 bridgehead atoms. The third-order valence-electron chi connectivity index (χ3n) is 5.16. The number of hydrogen-bond acceptors (Lipinski definition) is 4. The van der Waals surface area contributed by atoms with E-state index in [0.29, 0.717) is 43.9 Å². The zero-order valence-electron chi connectivity index (χ0n) is 14.4. The molecule has 2 fully saturated rings. The number of hydrogen-bond donors (Lipinski definition) is 1. The van der Waals surface area contributed by atoms with Crippen molar-refractivity contribution in [1.82, 2.24) is 10.2 Å². The van der Waals surface area contributed by atoms with Gasteiger partial charge in [0.15, 0.2) is 0 Å². The number of nitrogens with zero attached hydrogens (tertiary/aromatic N) is 1. The van der Waals surface area contributed by atoms with Crippen LogP contribution in [0.5, 0.6) is 0 Å². The van der Waals surface area contributed by atoms with Crippen molar-refractivity contribution in [1.29, 1.82) is 0 Å². The summed E-state index contributed by atoms with van der Waals surface area (Å²) in [5.41, 5.74) is 1.35. The Kier molecular flexibility index (Phi) is 6.24. The van der Waals surface area contributed by atoms with E-state index in [4.69, 9.17) is 9.47 Å². The monoisotopic (exact) mass is 332 g/mol. The topological polar surface area (TPSA) is 50.8 Å². The van der Waals surface area contributed by atoms with Crippen molar-refractivity contribution in [3.63, 3.8) is 0 Å². The molecule has 24 heavy (non-hydrogen) atoms. The van der Waals surface area contributed by atoms with Crippen molar-refractivity contribution in [2.45, 2.75) is 13.0 Å². The number of amides is 1. The van der Waals surface area contributed by atoms with Crippen LogP contribution < -0.4 is 5.32 Å². The van der Waals surface area contributed by atoms with Crippen LogP contribution in [0.4, 0.5) is 0 Å². The summed E-state index contributed by atoms with van der Waals surface area (Å²) < 4.78 is 10.8. The average molecular weight is 332 g/mol. The van der Waals surface area contributed by atoms with E-state index in [9.17, 15) is 4.79 Å². The standard InChI is InChI=1S/C19H28N2O3/c1-23-8-7-20-19(22)9-16-13-24-14-17-11-21(12-18(16)17)10-15-5-3-2-4-6-15/h2-6,16-18H,7-14H2,1H3,(H,20,22)/t16-,17-,18+/m1/s1. The van der Waals surface area contributed by atoms with Crippen LogP contribution in [-0.4, -0.2) is 57.4 Å². The predicted octanol–water partition coefficient (Wildman–Crippen LogP) is 1.53. The Morgan fingerprint density at radius 2 is 2.12 bits per heavy atom. The Balaban J connectivity index is 1.52. The second-order valence-electron chi connectivity index (χ2n) is 6.95. The number of rotatable bonds is 7. The minimum Gasteiger partial charge on any atom is -0.383 e. The van der Waals surface area contributed by atoms with Gasteiger partial charge in [0, 0.05) is 39.7 Å². The molecule has 1 N–H and O–H groups in total. The van der Waals surface area contributed by atoms with Crippen LogP contribution in [0.15, 0.2) is 30.3 Å². The molecule has 2 aliphatic rings. The first-order valence-corrected chi connectivity index (χ1v) is 8.86. The van der Waals surface area contributed by atoms with E-state index in [1.165, 1.54) is 5.56 Å². The van der Waals surface area contributed by atoms with Crippen LogP contribution in [0.3, 0.4) is 0 Å². The average Bonchev–Trinajstić information content (AvgIpc) is 2.99. The number of methoxy groups -OCH3 is 1. The number of fused-ring (bicyclic) bond motifs is 1. The molecule has 5 nitrogen and oxygen atoms in total. The van der Waals surface area contributed by atoms with Gasteiger partial charge in [-0.1, -0.05) is 30.3 Å². The minimum atomic E-state index is 0.114. The summed E-state index contributed by atoms with van der Waals surface area (Å²) in [4.78, 5) is 14.6. The lowest BCUT2D eigenvalue weighted by atomic mass is 9.81. The van der Waals surface area contributed by atoms with Crippen LogP contribution in [0.2, 0.25) is 0 Å². The number of carbonyl (C=O) groups is 1. The third-order valence-corrected chi connectivity index (χ3v) is 5.16. The minimum absolute atomic E-state index is 0.114. The molecule has 2 saturated heterocycles. The fourth-order valence-corrected chi connectivity index (χ4v) is 3.98. The molecule has 0 spiro atoms. The van der Waals surface area contributed by atoms with Gasteiger partial charge in [0.2, 0.25) is 5.91 Å². The fourth-order valence-electron chi connectivity index (χ4n) is 3.98. The molecule has 5 heteroatoms. The maximum Gasteiger partial charge on any atom is 0.220 e. The first-order chi connectivity index (χ1) is 11.8. The highest BCUT2D eigenvalue weighted by Gasteiger charge is 2.41. The van der Waals surface area contributed by atoms with E-state index in [-0.39, 0.29) is 5.91 Å². The highest BCUT2D eigenvalue weighted by Crippen LogP contribution is 2.36. The van der Waals surface area contributed by atoms with Crippen molar-refractivity contribution in [3.05, 3.63) is 35.9 Å². The number of carbonyl (C=O) groups excluding carboxylic acids is 1. The van der Waals surface area contributed by atoms with Crippen LogP contribution >= 0.6 is 0 Å². The van der Waals surface area contributed by atoms with Gasteiger partial charge in [-0.05, 0) is 23.3 Å². The molecule has 1 aromatic carbocycles. The number of nitrogens with one attached hydrogen (secondary N) is 1. The Labute approximate surface area is 144 Å². The molecule has 3 atom stereocenters. The van der Waals surface area contributed by atoms with E-state index >= 15 is 0 Å². The van der Waals surface area contributed by atoms with E-state index in [0.717, 1.165) is 26.2 Å². The largest absolute Gasteiger partial charge is 0.383 e. The van der Waals surface area contributed by atoms with Crippen molar-refractivity contribution in [2.75, 3.05) is 46.6 Å². The molecule has 0 unspecified atom stereocenters. The van der Waals surface area contributed by atoms with Crippen molar-refractivity contribution in [3.8, 4) is 0 Å². The Morgan fingerprint density at radius 1 is 1.29 bits per heavy atom. The van der Waals surface area contributed by atoms with Gasteiger partial charge < -0.3 is 14.8 Å². The lowest BCUT2D eigenvalue weighted by molar-refractivity contribution is -0.124. The lowest BCUT2D eigenvalue weighted by Crippen LogP contribution is -2.38. The first kappa shape index (κ1) is 17.4.